The van der Waals surface area contributed by atoms with Crippen molar-refractivity contribution in [2.75, 3.05) is 39.6 Å². The zero-order valence-electron chi connectivity index (χ0n) is 68.2. The lowest BCUT2D eigenvalue weighted by Crippen LogP contribution is -2.30. The minimum absolute atomic E-state index is 0.108. The smallest absolute Gasteiger partial charge is 0.462 e. The van der Waals surface area contributed by atoms with E-state index >= 15 is 0 Å². The van der Waals surface area contributed by atoms with Gasteiger partial charge >= 0.3 is 39.5 Å². The summed E-state index contributed by atoms with van der Waals surface area (Å²) in [6, 6.07) is 0. The fraction of sp³-hybridized carbons (Fsp3) is 0.953. The van der Waals surface area contributed by atoms with Gasteiger partial charge in [-0.25, -0.2) is 9.13 Å². The van der Waals surface area contributed by atoms with Crippen LogP contribution in [0, 0.1) is 5.92 Å². The van der Waals surface area contributed by atoms with Crippen molar-refractivity contribution in [2.45, 2.75) is 477 Å². The maximum Gasteiger partial charge on any atom is 0.472 e. The van der Waals surface area contributed by atoms with Crippen LogP contribution in [0.4, 0.5) is 0 Å². The molecular weight excluding hydrogens is 1350 g/mol. The van der Waals surface area contributed by atoms with Crippen molar-refractivity contribution in [2.24, 2.45) is 5.92 Å². The number of esters is 4. The third kappa shape index (κ3) is 78.2. The average molecular weight is 1520 g/mol. The summed E-state index contributed by atoms with van der Waals surface area (Å²) in [5.41, 5.74) is 0. The summed E-state index contributed by atoms with van der Waals surface area (Å²) in [5, 5.41) is 10.7. The van der Waals surface area contributed by atoms with E-state index in [2.05, 4.69) is 34.6 Å². The van der Waals surface area contributed by atoms with Crippen LogP contribution in [-0.2, 0) is 65.4 Å². The zero-order valence-corrected chi connectivity index (χ0v) is 70.0. The Hall–Kier alpha value is -1.94. The standard InChI is InChI=1S/C85H166O17P2/c1-6-9-12-15-18-21-24-26-28-30-32-34-36-41-45-50-55-60-65-70-84(89)102-81(75-96-83(88)69-64-59-54-49-44-40-35-33-31-29-27-25-22-19-16-13-10-7-2)77-100-104(93,94)98-73-79(86)72-97-103(91,92)99-76-80(74-95-82(87)68-63-58-53-48-23-20-17-14-11-8-3)101-85(90)71-66-61-56-51-46-42-38-37-39-43-47-52-57-62-67-78(4)5/h78-81,86H,6-77H2,1-5H3,(H,91,92)(H,93,94)/t79-,80+,81+/m0/s1. The van der Waals surface area contributed by atoms with Crippen molar-refractivity contribution < 1.29 is 80.2 Å². The van der Waals surface area contributed by atoms with Gasteiger partial charge in [0.25, 0.3) is 0 Å². The molecular formula is C85H166O17P2. The molecule has 3 N–H and O–H groups in total. The van der Waals surface area contributed by atoms with Crippen molar-refractivity contribution in [3.8, 4) is 0 Å². The summed E-state index contributed by atoms with van der Waals surface area (Å²) in [7, 11) is -9.92. The van der Waals surface area contributed by atoms with Crippen LogP contribution in [0.5, 0.6) is 0 Å². The Kier molecular flexibility index (Phi) is 76.3. The lowest BCUT2D eigenvalue weighted by atomic mass is 10.0. The van der Waals surface area contributed by atoms with E-state index in [4.69, 9.17) is 37.0 Å². The van der Waals surface area contributed by atoms with Crippen LogP contribution in [0.3, 0.4) is 0 Å². The van der Waals surface area contributed by atoms with E-state index in [0.717, 1.165) is 95.8 Å². The first-order chi connectivity index (χ1) is 50.5. The predicted octanol–water partition coefficient (Wildman–Crippen LogP) is 26.0. The van der Waals surface area contributed by atoms with Crippen LogP contribution < -0.4 is 0 Å². The van der Waals surface area contributed by atoms with Crippen LogP contribution in [-0.4, -0.2) is 96.7 Å². The molecule has 0 aromatic rings. The maximum atomic E-state index is 13.1. The van der Waals surface area contributed by atoms with Crippen molar-refractivity contribution in [1.29, 1.82) is 0 Å². The highest BCUT2D eigenvalue weighted by Crippen LogP contribution is 2.45. The molecule has 2 unspecified atom stereocenters. The normalized spacial score (nSPS) is 13.8. The van der Waals surface area contributed by atoms with Gasteiger partial charge in [-0.05, 0) is 31.6 Å². The van der Waals surface area contributed by atoms with Gasteiger partial charge in [0.05, 0.1) is 26.4 Å². The molecule has 0 fully saturated rings. The lowest BCUT2D eigenvalue weighted by molar-refractivity contribution is -0.161. The molecule has 0 radical (unpaired) electrons. The topological polar surface area (TPSA) is 237 Å². The highest BCUT2D eigenvalue weighted by molar-refractivity contribution is 7.47. The number of aliphatic hydroxyl groups is 1. The summed E-state index contributed by atoms with van der Waals surface area (Å²) >= 11 is 0. The summed E-state index contributed by atoms with van der Waals surface area (Å²) in [6.45, 7) is 7.38. The van der Waals surface area contributed by atoms with Gasteiger partial charge in [0.1, 0.15) is 19.3 Å². The van der Waals surface area contributed by atoms with Crippen LogP contribution >= 0.6 is 15.6 Å². The van der Waals surface area contributed by atoms with E-state index in [0.29, 0.717) is 25.7 Å². The molecule has 0 saturated carbocycles. The summed E-state index contributed by atoms with van der Waals surface area (Å²) < 4.78 is 68.9. The summed E-state index contributed by atoms with van der Waals surface area (Å²) in [6.07, 6.45) is 70.8. The number of aliphatic hydroxyl groups excluding tert-OH is 1. The predicted molar refractivity (Wildman–Crippen MR) is 428 cm³/mol. The van der Waals surface area contributed by atoms with Gasteiger partial charge in [-0.2, -0.15) is 0 Å². The van der Waals surface area contributed by atoms with Crippen molar-refractivity contribution in [3.05, 3.63) is 0 Å². The Morgan fingerprint density at radius 3 is 0.654 bits per heavy atom. The van der Waals surface area contributed by atoms with E-state index in [-0.39, 0.29) is 25.7 Å². The highest BCUT2D eigenvalue weighted by atomic mass is 31.2. The molecule has 0 aliphatic heterocycles. The molecule has 0 aliphatic carbocycles. The number of rotatable bonds is 85. The lowest BCUT2D eigenvalue weighted by Gasteiger charge is -2.21. The SMILES string of the molecule is CCCCCCCCCCCCCCCCCCCCCC(=O)O[C@H](COC(=O)CCCCCCCCCCCCCCCCCCCC)COP(=O)(O)OC[C@@H](O)COP(=O)(O)OC[C@@H](COC(=O)CCCCCCCCCCCC)OC(=O)CCCCCCCCCCCCCCCCC(C)C. The molecule has 0 saturated heterocycles. The van der Waals surface area contributed by atoms with Gasteiger partial charge in [0.2, 0.25) is 0 Å². The Morgan fingerprint density at radius 1 is 0.260 bits per heavy atom. The summed E-state index contributed by atoms with van der Waals surface area (Å²) in [4.78, 5) is 73.2. The second kappa shape index (κ2) is 77.8. The van der Waals surface area contributed by atoms with Crippen molar-refractivity contribution >= 4 is 39.5 Å². The number of hydrogen-bond acceptors (Lipinski definition) is 15. The Labute approximate surface area is 638 Å². The van der Waals surface area contributed by atoms with Gasteiger partial charge in [-0.1, -0.05) is 407 Å². The molecule has 0 aromatic carbocycles. The fourth-order valence-electron chi connectivity index (χ4n) is 13.3. The molecule has 5 atom stereocenters. The first kappa shape index (κ1) is 102. The van der Waals surface area contributed by atoms with Crippen molar-refractivity contribution in [3.63, 3.8) is 0 Å². The van der Waals surface area contributed by atoms with Crippen LogP contribution in [0.2, 0.25) is 0 Å². The number of phosphoric ester groups is 2. The second-order valence-corrected chi connectivity index (χ2v) is 34.0. The molecule has 17 nitrogen and oxygen atoms in total. The van der Waals surface area contributed by atoms with Gasteiger partial charge < -0.3 is 33.8 Å². The largest absolute Gasteiger partial charge is 0.472 e. The first-order valence-corrected chi connectivity index (χ1v) is 47.1. The quantitative estimate of drug-likeness (QED) is 0.0222. The van der Waals surface area contributed by atoms with E-state index in [1.807, 2.05) is 0 Å². The molecule has 19 heteroatoms. The molecule has 0 aliphatic rings. The molecule has 618 valence electrons. The van der Waals surface area contributed by atoms with E-state index in [1.165, 1.54) is 283 Å². The van der Waals surface area contributed by atoms with Crippen LogP contribution in [0.1, 0.15) is 458 Å². The second-order valence-electron chi connectivity index (χ2n) is 31.1. The molecule has 0 rings (SSSR count). The number of carbonyl (C=O) groups excluding carboxylic acids is 4. The van der Waals surface area contributed by atoms with E-state index < -0.39 is 97.5 Å². The number of carbonyl (C=O) groups is 4. The molecule has 104 heavy (non-hydrogen) atoms. The Morgan fingerprint density at radius 2 is 0.442 bits per heavy atom. The van der Waals surface area contributed by atoms with Crippen LogP contribution in [0.25, 0.3) is 0 Å². The van der Waals surface area contributed by atoms with Gasteiger partial charge in [0.15, 0.2) is 12.2 Å². The number of hydrogen-bond donors (Lipinski definition) is 3. The fourth-order valence-corrected chi connectivity index (χ4v) is 14.9. The highest BCUT2D eigenvalue weighted by Gasteiger charge is 2.30. The molecule has 0 spiro atoms. The number of phosphoric acid groups is 2. The molecule has 0 amide bonds. The van der Waals surface area contributed by atoms with E-state index in [1.54, 1.807) is 0 Å². The Balaban J connectivity index is 5.23. The third-order valence-electron chi connectivity index (χ3n) is 20.0. The first-order valence-electron chi connectivity index (χ1n) is 44.1. The maximum absolute atomic E-state index is 13.1. The average Bonchev–Trinajstić information content (AvgIpc) is 0.923. The van der Waals surface area contributed by atoms with Crippen LogP contribution in [0.15, 0.2) is 0 Å². The third-order valence-corrected chi connectivity index (χ3v) is 21.9. The number of ether oxygens (including phenoxy) is 4. The van der Waals surface area contributed by atoms with Crippen molar-refractivity contribution in [1.82, 2.24) is 0 Å². The van der Waals surface area contributed by atoms with E-state index in [9.17, 15) is 43.2 Å². The molecule has 0 heterocycles. The number of unbranched alkanes of at least 4 members (excludes halogenated alkanes) is 57. The van der Waals surface area contributed by atoms with Gasteiger partial charge in [-0.15, -0.1) is 0 Å². The Bertz CT molecular complexity index is 1980. The monoisotopic (exact) mass is 1520 g/mol. The summed E-state index contributed by atoms with van der Waals surface area (Å²) in [5.74, 6) is -1.30. The van der Waals surface area contributed by atoms with Gasteiger partial charge in [0, 0.05) is 25.7 Å². The van der Waals surface area contributed by atoms with Gasteiger partial charge in [-0.3, -0.25) is 37.3 Å². The molecule has 0 aromatic heterocycles. The minimum atomic E-state index is -4.96. The zero-order chi connectivity index (χ0) is 76.2. The minimum Gasteiger partial charge on any atom is -0.462 e. The molecule has 0 bridgehead atoms.